The second-order valence-corrected chi connectivity index (χ2v) is 5.55. The van der Waals surface area contributed by atoms with Crippen LogP contribution < -0.4 is 16.1 Å². The molecule has 4 N–H and O–H groups in total. The van der Waals surface area contributed by atoms with E-state index >= 15 is 0 Å². The molecule has 1 aromatic rings. The minimum Gasteiger partial charge on any atom is -0.384 e. The van der Waals surface area contributed by atoms with Crippen LogP contribution in [0.2, 0.25) is 0 Å². The highest BCUT2D eigenvalue weighted by molar-refractivity contribution is 5.76. The molecule has 22 heavy (non-hydrogen) atoms. The molecule has 1 aliphatic heterocycles. The van der Waals surface area contributed by atoms with Crippen molar-refractivity contribution >= 4 is 17.5 Å². The monoisotopic (exact) mass is 305 g/mol. The van der Waals surface area contributed by atoms with Crippen LogP contribution in [-0.2, 0) is 9.59 Å². The number of hydroxylamine groups is 1. The number of hydrogen-bond acceptors (Lipinski definition) is 4. The van der Waals surface area contributed by atoms with Crippen LogP contribution in [0.25, 0.3) is 0 Å². The lowest BCUT2D eigenvalue weighted by molar-refractivity contribution is -0.129. The van der Waals surface area contributed by atoms with Crippen LogP contribution in [0.3, 0.4) is 0 Å². The first-order valence-corrected chi connectivity index (χ1v) is 7.73. The summed E-state index contributed by atoms with van der Waals surface area (Å²) in [6.07, 6.45) is 2.82. The summed E-state index contributed by atoms with van der Waals surface area (Å²) < 4.78 is 0. The fraction of sp³-hybridized carbons (Fsp3) is 0.500. The molecular weight excluding hydrogens is 282 g/mol. The SMILES string of the molecule is O=C(CCCCC(=O)NCCC1CNc2ccccc21)NO. The summed E-state index contributed by atoms with van der Waals surface area (Å²) in [5.41, 5.74) is 4.10. The Bertz CT molecular complexity index is 519. The number of hydrogen-bond donors (Lipinski definition) is 4. The number of carbonyl (C=O) groups excluding carboxylic acids is 2. The summed E-state index contributed by atoms with van der Waals surface area (Å²) in [5.74, 6) is 0.0567. The molecule has 1 heterocycles. The molecule has 1 aromatic carbocycles. The Labute approximate surface area is 130 Å². The van der Waals surface area contributed by atoms with E-state index in [1.807, 2.05) is 12.1 Å². The first-order chi connectivity index (χ1) is 10.7. The molecule has 6 nitrogen and oxygen atoms in total. The molecule has 0 bridgehead atoms. The first-order valence-electron chi connectivity index (χ1n) is 7.73. The Morgan fingerprint density at radius 1 is 1.18 bits per heavy atom. The number of nitrogens with one attached hydrogen (secondary N) is 3. The van der Waals surface area contributed by atoms with Gasteiger partial charge in [-0.1, -0.05) is 18.2 Å². The van der Waals surface area contributed by atoms with Gasteiger partial charge in [0.1, 0.15) is 0 Å². The van der Waals surface area contributed by atoms with Gasteiger partial charge in [0.25, 0.3) is 0 Å². The number of carbonyl (C=O) groups is 2. The third-order valence-corrected chi connectivity index (χ3v) is 3.94. The maximum atomic E-state index is 11.7. The van der Waals surface area contributed by atoms with E-state index in [1.54, 1.807) is 5.48 Å². The summed E-state index contributed by atoms with van der Waals surface area (Å²) >= 11 is 0. The van der Waals surface area contributed by atoms with Gasteiger partial charge in [0.15, 0.2) is 0 Å². The van der Waals surface area contributed by atoms with Gasteiger partial charge in [-0.05, 0) is 30.9 Å². The molecule has 0 aliphatic carbocycles. The second kappa shape index (κ2) is 8.38. The normalized spacial score (nSPS) is 15.8. The van der Waals surface area contributed by atoms with Crippen LogP contribution in [0.4, 0.5) is 5.69 Å². The molecular formula is C16H23N3O3. The standard InChI is InChI=1S/C16H23N3O3/c20-15(7-3-4-8-16(21)19-22)17-10-9-12-11-18-14-6-2-1-5-13(12)14/h1-2,5-6,12,18,22H,3-4,7-11H2,(H,17,20)(H,19,21). The van der Waals surface area contributed by atoms with Crippen molar-refractivity contribution in [2.75, 3.05) is 18.4 Å². The van der Waals surface area contributed by atoms with Gasteiger partial charge >= 0.3 is 0 Å². The van der Waals surface area contributed by atoms with Crippen LogP contribution in [0, 0.1) is 0 Å². The topological polar surface area (TPSA) is 90.5 Å². The molecule has 2 rings (SSSR count). The van der Waals surface area contributed by atoms with Crippen molar-refractivity contribution in [1.29, 1.82) is 0 Å². The minimum atomic E-state index is -0.409. The number of anilines is 1. The molecule has 1 atom stereocenters. The minimum absolute atomic E-state index is 0.0173. The van der Waals surface area contributed by atoms with Gasteiger partial charge in [0, 0.05) is 37.5 Å². The van der Waals surface area contributed by atoms with Gasteiger partial charge in [-0.15, -0.1) is 0 Å². The summed E-state index contributed by atoms with van der Waals surface area (Å²) in [4.78, 5) is 22.5. The number of rotatable bonds is 8. The second-order valence-electron chi connectivity index (χ2n) is 5.55. The molecule has 1 aliphatic rings. The van der Waals surface area contributed by atoms with Crippen molar-refractivity contribution in [3.63, 3.8) is 0 Å². The van der Waals surface area contributed by atoms with Crippen molar-refractivity contribution < 1.29 is 14.8 Å². The third kappa shape index (κ3) is 4.73. The summed E-state index contributed by atoms with van der Waals surface area (Å²) in [5, 5.41) is 14.7. The number of benzene rings is 1. The van der Waals surface area contributed by atoms with E-state index in [1.165, 1.54) is 11.3 Å². The average molecular weight is 305 g/mol. The van der Waals surface area contributed by atoms with Crippen molar-refractivity contribution in [2.24, 2.45) is 0 Å². The molecule has 120 valence electrons. The zero-order valence-electron chi connectivity index (χ0n) is 12.6. The summed E-state index contributed by atoms with van der Waals surface area (Å²) in [6.45, 7) is 1.59. The molecule has 0 saturated heterocycles. The smallest absolute Gasteiger partial charge is 0.243 e. The Morgan fingerprint density at radius 3 is 2.68 bits per heavy atom. The van der Waals surface area contributed by atoms with Gasteiger partial charge in [-0.3, -0.25) is 14.8 Å². The molecule has 6 heteroatoms. The molecule has 0 aromatic heterocycles. The van der Waals surface area contributed by atoms with E-state index < -0.39 is 5.91 Å². The summed E-state index contributed by atoms with van der Waals surface area (Å²) in [7, 11) is 0. The molecule has 0 spiro atoms. The molecule has 2 amide bonds. The number of para-hydroxylation sites is 1. The van der Waals surface area contributed by atoms with Crippen molar-refractivity contribution in [2.45, 2.75) is 38.0 Å². The Morgan fingerprint density at radius 2 is 1.91 bits per heavy atom. The van der Waals surface area contributed by atoms with E-state index in [2.05, 4.69) is 22.8 Å². The molecule has 0 saturated carbocycles. The van der Waals surface area contributed by atoms with Crippen LogP contribution >= 0.6 is 0 Å². The third-order valence-electron chi connectivity index (χ3n) is 3.94. The maximum Gasteiger partial charge on any atom is 0.243 e. The van der Waals surface area contributed by atoms with E-state index in [-0.39, 0.29) is 12.3 Å². The predicted octanol–water partition coefficient (Wildman–Crippen LogP) is 1.77. The Kier molecular flexibility index (Phi) is 6.21. The van der Waals surface area contributed by atoms with Crippen LogP contribution in [-0.4, -0.2) is 30.1 Å². The van der Waals surface area contributed by atoms with Gasteiger partial charge < -0.3 is 10.6 Å². The van der Waals surface area contributed by atoms with E-state index in [9.17, 15) is 9.59 Å². The van der Waals surface area contributed by atoms with Gasteiger partial charge in [-0.2, -0.15) is 0 Å². The van der Waals surface area contributed by atoms with Crippen molar-refractivity contribution in [3.8, 4) is 0 Å². The van der Waals surface area contributed by atoms with E-state index in [0.717, 1.165) is 13.0 Å². The fourth-order valence-corrected chi connectivity index (χ4v) is 2.72. The van der Waals surface area contributed by atoms with Crippen LogP contribution in [0.1, 0.15) is 43.6 Å². The fourth-order valence-electron chi connectivity index (χ4n) is 2.72. The zero-order chi connectivity index (χ0) is 15.8. The molecule has 1 unspecified atom stereocenters. The van der Waals surface area contributed by atoms with Crippen LogP contribution in [0.15, 0.2) is 24.3 Å². The first kappa shape index (κ1) is 16.3. The quantitative estimate of drug-likeness (QED) is 0.335. The van der Waals surface area contributed by atoms with Crippen molar-refractivity contribution in [3.05, 3.63) is 29.8 Å². The average Bonchev–Trinajstić information content (AvgIpc) is 2.95. The number of fused-ring (bicyclic) bond motifs is 1. The lowest BCUT2D eigenvalue weighted by Gasteiger charge is -2.11. The highest BCUT2D eigenvalue weighted by Crippen LogP contribution is 2.32. The van der Waals surface area contributed by atoms with Crippen molar-refractivity contribution in [1.82, 2.24) is 10.8 Å². The molecule has 0 radical (unpaired) electrons. The van der Waals surface area contributed by atoms with Gasteiger partial charge in [0.2, 0.25) is 11.8 Å². The summed E-state index contributed by atoms with van der Waals surface area (Å²) in [6, 6.07) is 8.28. The van der Waals surface area contributed by atoms with Gasteiger partial charge in [0.05, 0.1) is 0 Å². The van der Waals surface area contributed by atoms with E-state index in [0.29, 0.717) is 31.7 Å². The molecule has 0 fully saturated rings. The Hall–Kier alpha value is -2.08. The lowest BCUT2D eigenvalue weighted by atomic mass is 9.98. The van der Waals surface area contributed by atoms with Gasteiger partial charge in [-0.25, -0.2) is 5.48 Å². The Balaban J connectivity index is 1.59. The zero-order valence-corrected chi connectivity index (χ0v) is 12.6. The highest BCUT2D eigenvalue weighted by Gasteiger charge is 2.20. The number of unbranched alkanes of at least 4 members (excludes halogenated alkanes) is 1. The lowest BCUT2D eigenvalue weighted by Crippen LogP contribution is -2.25. The highest BCUT2D eigenvalue weighted by atomic mass is 16.5. The predicted molar refractivity (Wildman–Crippen MR) is 83.7 cm³/mol. The maximum absolute atomic E-state index is 11.7. The van der Waals surface area contributed by atoms with E-state index in [4.69, 9.17) is 5.21 Å². The largest absolute Gasteiger partial charge is 0.384 e. The number of amides is 2. The van der Waals surface area contributed by atoms with Crippen LogP contribution in [0.5, 0.6) is 0 Å².